The quantitative estimate of drug-likeness (QED) is 0.462. The third-order valence-electron chi connectivity index (χ3n) is 5.63. The number of benzene rings is 1. The van der Waals surface area contributed by atoms with Gasteiger partial charge in [-0.05, 0) is 30.9 Å². The van der Waals surface area contributed by atoms with Gasteiger partial charge in [0.15, 0.2) is 5.78 Å². The van der Waals surface area contributed by atoms with Gasteiger partial charge in [-0.2, -0.15) is 10.1 Å². The van der Waals surface area contributed by atoms with Crippen molar-refractivity contribution in [3.8, 4) is 11.1 Å². The minimum atomic E-state index is -0.464. The summed E-state index contributed by atoms with van der Waals surface area (Å²) in [5.41, 5.74) is 14.6. The third-order valence-corrected chi connectivity index (χ3v) is 5.63. The predicted octanol–water partition coefficient (Wildman–Crippen LogP) is 2.13. The molecule has 9 nitrogen and oxygen atoms in total. The second-order valence-corrected chi connectivity index (χ2v) is 7.77. The first-order chi connectivity index (χ1) is 14.9. The van der Waals surface area contributed by atoms with Crippen molar-refractivity contribution in [2.45, 2.75) is 38.1 Å². The van der Waals surface area contributed by atoms with Gasteiger partial charge in [-0.15, -0.1) is 0 Å². The summed E-state index contributed by atoms with van der Waals surface area (Å²) in [6.07, 6.45) is 8.92. The number of amidine groups is 1. The summed E-state index contributed by atoms with van der Waals surface area (Å²) in [5, 5.41) is 4.03. The molecule has 9 heteroatoms. The highest BCUT2D eigenvalue weighted by Crippen LogP contribution is 2.44. The summed E-state index contributed by atoms with van der Waals surface area (Å²) in [6, 6.07) is 7.96. The number of nitrogen functional groups attached to an aromatic ring is 1. The van der Waals surface area contributed by atoms with Crippen molar-refractivity contribution in [2.75, 3.05) is 5.73 Å². The first kappa shape index (κ1) is 20.4. The Morgan fingerprint density at radius 3 is 2.35 bits per heavy atom. The zero-order chi connectivity index (χ0) is 22.0. The molecule has 1 saturated carbocycles. The van der Waals surface area contributed by atoms with Gasteiger partial charge in [0.05, 0.1) is 23.7 Å². The fraction of sp³-hybridized carbons (Fsp3) is 0.273. The number of Topliss-reactive ketones (excluding diaryl/α,β-unsaturated/α-hetero) is 1. The van der Waals surface area contributed by atoms with Crippen molar-refractivity contribution in [1.82, 2.24) is 19.7 Å². The number of carbonyl (C=O) groups is 2. The van der Waals surface area contributed by atoms with Crippen molar-refractivity contribution in [1.29, 1.82) is 0 Å². The zero-order valence-corrected chi connectivity index (χ0v) is 17.2. The van der Waals surface area contributed by atoms with Gasteiger partial charge in [0, 0.05) is 24.2 Å². The summed E-state index contributed by atoms with van der Waals surface area (Å²) in [4.78, 5) is 36.1. The maximum atomic E-state index is 12.6. The Balaban J connectivity index is 1.56. The molecule has 0 spiro atoms. The van der Waals surface area contributed by atoms with Gasteiger partial charge in [-0.3, -0.25) is 14.3 Å². The zero-order valence-electron chi connectivity index (χ0n) is 17.2. The van der Waals surface area contributed by atoms with Crippen LogP contribution in [0.4, 0.5) is 5.95 Å². The fourth-order valence-corrected chi connectivity index (χ4v) is 3.76. The lowest BCUT2D eigenvalue weighted by Crippen LogP contribution is -2.47. The molecule has 0 unspecified atom stereocenters. The van der Waals surface area contributed by atoms with E-state index in [9.17, 15) is 9.59 Å². The van der Waals surface area contributed by atoms with E-state index in [1.165, 1.54) is 24.0 Å². The Hall–Kier alpha value is -3.88. The number of ketones is 1. The van der Waals surface area contributed by atoms with Crippen LogP contribution >= 0.6 is 0 Å². The van der Waals surface area contributed by atoms with Crippen LogP contribution < -0.4 is 11.5 Å². The third kappa shape index (κ3) is 4.07. The Morgan fingerprint density at radius 2 is 1.77 bits per heavy atom. The molecule has 0 saturated heterocycles. The molecule has 2 heterocycles. The molecular weight excluding hydrogens is 394 g/mol. The van der Waals surface area contributed by atoms with E-state index in [-0.39, 0.29) is 18.3 Å². The lowest BCUT2D eigenvalue weighted by atomic mass is 9.63. The van der Waals surface area contributed by atoms with Gasteiger partial charge < -0.3 is 11.5 Å². The Labute approximate surface area is 179 Å². The van der Waals surface area contributed by atoms with Crippen molar-refractivity contribution >= 4 is 23.5 Å². The number of hydrogen-bond acceptors (Lipinski definition) is 6. The SMILES string of the molecule is CC(=O)Cn1cc(C(=O)N=C(N)C2(c3ccc(-c4cnc(N)nc4)cc3)CCC2)cn1. The topological polar surface area (TPSA) is 142 Å². The second-order valence-electron chi connectivity index (χ2n) is 7.77. The number of anilines is 1. The Bertz CT molecular complexity index is 1140. The van der Waals surface area contributed by atoms with Crippen molar-refractivity contribution in [3.05, 3.63) is 60.2 Å². The first-order valence-electron chi connectivity index (χ1n) is 9.97. The van der Waals surface area contributed by atoms with Gasteiger partial charge in [0.2, 0.25) is 5.95 Å². The number of carbonyl (C=O) groups excluding carboxylic acids is 2. The van der Waals surface area contributed by atoms with Crippen LogP contribution in [-0.2, 0) is 16.8 Å². The van der Waals surface area contributed by atoms with E-state index in [1.54, 1.807) is 12.4 Å². The maximum Gasteiger partial charge on any atom is 0.281 e. The van der Waals surface area contributed by atoms with Crippen LogP contribution in [-0.4, -0.2) is 37.3 Å². The highest BCUT2D eigenvalue weighted by Gasteiger charge is 2.42. The van der Waals surface area contributed by atoms with Gasteiger partial charge >= 0.3 is 0 Å². The molecule has 158 valence electrons. The number of rotatable bonds is 6. The molecule has 1 amide bonds. The van der Waals surface area contributed by atoms with Crippen LogP contribution in [0.3, 0.4) is 0 Å². The highest BCUT2D eigenvalue weighted by atomic mass is 16.1. The Morgan fingerprint density at radius 1 is 1.10 bits per heavy atom. The van der Waals surface area contributed by atoms with Crippen LogP contribution in [0.5, 0.6) is 0 Å². The van der Waals surface area contributed by atoms with E-state index in [0.717, 1.165) is 36.0 Å². The van der Waals surface area contributed by atoms with E-state index in [2.05, 4.69) is 20.1 Å². The normalized spacial score (nSPS) is 15.3. The van der Waals surface area contributed by atoms with Crippen molar-refractivity contribution < 1.29 is 9.59 Å². The minimum Gasteiger partial charge on any atom is -0.386 e. The van der Waals surface area contributed by atoms with E-state index >= 15 is 0 Å². The number of hydrogen-bond donors (Lipinski definition) is 2. The molecule has 4 rings (SSSR count). The van der Waals surface area contributed by atoms with Crippen LogP contribution in [0, 0.1) is 0 Å². The van der Waals surface area contributed by atoms with Gasteiger partial charge in [0.25, 0.3) is 5.91 Å². The van der Waals surface area contributed by atoms with Crippen LogP contribution in [0.2, 0.25) is 0 Å². The van der Waals surface area contributed by atoms with Crippen LogP contribution in [0.15, 0.2) is 54.0 Å². The van der Waals surface area contributed by atoms with Crippen LogP contribution in [0.25, 0.3) is 11.1 Å². The van der Waals surface area contributed by atoms with Gasteiger partial charge in [0.1, 0.15) is 5.84 Å². The lowest BCUT2D eigenvalue weighted by Gasteiger charge is -2.41. The largest absolute Gasteiger partial charge is 0.386 e. The lowest BCUT2D eigenvalue weighted by molar-refractivity contribution is -0.117. The molecule has 1 aliphatic rings. The summed E-state index contributed by atoms with van der Waals surface area (Å²) >= 11 is 0. The average Bonchev–Trinajstić information content (AvgIpc) is 3.16. The number of amides is 1. The minimum absolute atomic E-state index is 0.0486. The summed E-state index contributed by atoms with van der Waals surface area (Å²) in [7, 11) is 0. The van der Waals surface area contributed by atoms with Crippen molar-refractivity contribution in [3.63, 3.8) is 0 Å². The molecule has 0 atom stereocenters. The van der Waals surface area contributed by atoms with Crippen LogP contribution in [0.1, 0.15) is 42.1 Å². The molecule has 0 aliphatic heterocycles. The highest BCUT2D eigenvalue weighted by molar-refractivity contribution is 6.06. The number of nitrogens with two attached hydrogens (primary N) is 2. The molecule has 4 N–H and O–H groups in total. The first-order valence-corrected chi connectivity index (χ1v) is 9.97. The summed E-state index contributed by atoms with van der Waals surface area (Å²) < 4.78 is 1.42. The summed E-state index contributed by atoms with van der Waals surface area (Å²) in [5.74, 6) is 0.0163. The fourth-order valence-electron chi connectivity index (χ4n) is 3.76. The second kappa shape index (κ2) is 8.10. The standard InChI is InChI=1S/C22H23N7O2/c1-14(30)12-29-13-17(11-27-29)19(31)28-20(23)22(7-2-8-22)18-5-3-15(4-6-18)16-9-25-21(24)26-10-16/h3-6,9-11,13H,2,7-8,12H2,1H3,(H2,23,28,31)(H2,24,25,26). The molecule has 1 aromatic carbocycles. The molecular formula is C22H23N7O2. The molecule has 2 aromatic heterocycles. The molecule has 1 fully saturated rings. The number of aromatic nitrogens is 4. The van der Waals surface area contributed by atoms with E-state index in [4.69, 9.17) is 11.5 Å². The Kier molecular flexibility index (Phi) is 5.33. The number of nitrogens with zero attached hydrogens (tertiary/aromatic N) is 5. The van der Waals surface area contributed by atoms with Crippen molar-refractivity contribution in [2.24, 2.45) is 10.7 Å². The molecule has 31 heavy (non-hydrogen) atoms. The van der Waals surface area contributed by atoms with Gasteiger partial charge in [-0.1, -0.05) is 30.7 Å². The molecule has 0 bridgehead atoms. The molecule has 1 aliphatic carbocycles. The van der Waals surface area contributed by atoms with Gasteiger partial charge in [-0.25, -0.2) is 9.97 Å². The molecule has 0 radical (unpaired) electrons. The molecule has 3 aromatic rings. The average molecular weight is 417 g/mol. The predicted molar refractivity (Wildman–Crippen MR) is 116 cm³/mol. The monoisotopic (exact) mass is 417 g/mol. The van der Waals surface area contributed by atoms with E-state index in [1.807, 2.05) is 24.3 Å². The maximum absolute atomic E-state index is 12.6. The summed E-state index contributed by atoms with van der Waals surface area (Å²) in [6.45, 7) is 1.58. The van der Waals surface area contributed by atoms with E-state index in [0.29, 0.717) is 11.4 Å². The number of aliphatic imine (C=N–C) groups is 1. The smallest absolute Gasteiger partial charge is 0.281 e. The van der Waals surface area contributed by atoms with E-state index < -0.39 is 11.3 Å².